The monoisotopic (exact) mass is 257 g/mol. The second kappa shape index (κ2) is 3.56. The molecule has 1 aromatic carbocycles. The van der Waals surface area contributed by atoms with Gasteiger partial charge in [0.15, 0.2) is 9.84 Å². The predicted molar refractivity (Wildman–Crippen MR) is 58.3 cm³/mol. The van der Waals surface area contributed by atoms with Crippen molar-refractivity contribution in [1.82, 2.24) is 4.98 Å². The lowest BCUT2D eigenvalue weighted by Crippen LogP contribution is -2.00. The van der Waals surface area contributed by atoms with Crippen LogP contribution in [-0.2, 0) is 9.84 Å². The highest BCUT2D eigenvalue weighted by molar-refractivity contribution is 7.91. The highest BCUT2D eigenvalue weighted by Crippen LogP contribution is 2.25. The van der Waals surface area contributed by atoms with E-state index < -0.39 is 21.6 Å². The Kier molecular flexibility index (Phi) is 2.43. The fraction of sp³-hybridized carbons (Fsp3) is 0.100. The number of carbonyl (C=O) groups is 1. The first kappa shape index (κ1) is 11.6. The van der Waals surface area contributed by atoms with E-state index in [2.05, 4.69) is 4.98 Å². The van der Waals surface area contributed by atoms with Gasteiger partial charge in [0.1, 0.15) is 11.5 Å². The standard InChI is InChI=1S/C10H8FNO4S/c1-17(15,16)8-4-6(11)2-5-3-7(10(13)14)12-9(5)8/h2-4,12H,1H3,(H,13,14). The number of sulfone groups is 1. The first-order valence-corrected chi connectivity index (χ1v) is 6.44. The van der Waals surface area contributed by atoms with Gasteiger partial charge >= 0.3 is 5.97 Å². The van der Waals surface area contributed by atoms with Gasteiger partial charge in [-0.25, -0.2) is 17.6 Å². The van der Waals surface area contributed by atoms with E-state index in [9.17, 15) is 17.6 Å². The first-order valence-electron chi connectivity index (χ1n) is 4.54. The van der Waals surface area contributed by atoms with Gasteiger partial charge in [0.05, 0.1) is 10.4 Å². The molecule has 0 bridgehead atoms. The summed E-state index contributed by atoms with van der Waals surface area (Å²) in [7, 11) is -3.63. The molecule has 2 N–H and O–H groups in total. The van der Waals surface area contributed by atoms with Crippen LogP contribution in [0.15, 0.2) is 23.1 Å². The van der Waals surface area contributed by atoms with E-state index in [1.807, 2.05) is 0 Å². The summed E-state index contributed by atoms with van der Waals surface area (Å²) in [6.07, 6.45) is 0.933. The molecule has 0 spiro atoms. The number of hydrogen-bond donors (Lipinski definition) is 2. The number of aromatic carboxylic acids is 1. The molecule has 0 aliphatic carbocycles. The fourth-order valence-corrected chi connectivity index (χ4v) is 2.45. The summed E-state index contributed by atoms with van der Waals surface area (Å²) in [6, 6.07) is 3.13. The van der Waals surface area contributed by atoms with Crippen molar-refractivity contribution >= 4 is 26.7 Å². The van der Waals surface area contributed by atoms with Crippen LogP contribution in [0.25, 0.3) is 10.9 Å². The quantitative estimate of drug-likeness (QED) is 0.851. The number of nitrogens with one attached hydrogen (secondary N) is 1. The van der Waals surface area contributed by atoms with Crippen molar-refractivity contribution in [2.75, 3.05) is 6.26 Å². The first-order chi connectivity index (χ1) is 7.79. The summed E-state index contributed by atoms with van der Waals surface area (Å²) >= 11 is 0. The number of aromatic amines is 1. The van der Waals surface area contributed by atoms with E-state index in [-0.39, 0.29) is 21.5 Å². The average Bonchev–Trinajstić information content (AvgIpc) is 2.58. The van der Waals surface area contributed by atoms with Crippen LogP contribution in [0.4, 0.5) is 4.39 Å². The summed E-state index contributed by atoms with van der Waals surface area (Å²) in [4.78, 5) is 12.9. The van der Waals surface area contributed by atoms with Crippen LogP contribution < -0.4 is 0 Å². The molecule has 2 rings (SSSR count). The molecule has 0 atom stereocenters. The molecular weight excluding hydrogens is 249 g/mol. The Morgan fingerprint density at radius 2 is 2.00 bits per heavy atom. The van der Waals surface area contributed by atoms with Crippen molar-refractivity contribution in [2.24, 2.45) is 0 Å². The van der Waals surface area contributed by atoms with Gasteiger partial charge in [-0.3, -0.25) is 0 Å². The molecule has 0 amide bonds. The zero-order valence-electron chi connectivity index (χ0n) is 8.69. The molecule has 1 aromatic heterocycles. The van der Waals surface area contributed by atoms with Crippen LogP contribution >= 0.6 is 0 Å². The molecule has 2 aromatic rings. The molecule has 0 saturated heterocycles. The lowest BCUT2D eigenvalue weighted by Gasteiger charge is -2.00. The Hall–Kier alpha value is -1.89. The van der Waals surface area contributed by atoms with Gasteiger partial charge in [-0.1, -0.05) is 0 Å². The number of halogens is 1. The predicted octanol–water partition coefficient (Wildman–Crippen LogP) is 1.41. The summed E-state index contributed by atoms with van der Waals surface area (Å²) < 4.78 is 36.1. The van der Waals surface area contributed by atoms with Crippen LogP contribution in [0, 0.1) is 5.82 Å². The van der Waals surface area contributed by atoms with Gasteiger partial charge in [0.2, 0.25) is 0 Å². The zero-order valence-corrected chi connectivity index (χ0v) is 9.51. The summed E-state index contributed by atoms with van der Waals surface area (Å²) in [5.41, 5.74) is -0.0817. The molecule has 0 aliphatic heterocycles. The molecule has 0 aliphatic rings. The Balaban J connectivity index is 2.89. The number of carboxylic acid groups (broad SMARTS) is 1. The molecule has 5 nitrogen and oxygen atoms in total. The molecule has 0 fully saturated rings. The van der Waals surface area contributed by atoms with Crippen LogP contribution in [0.2, 0.25) is 0 Å². The van der Waals surface area contributed by atoms with Crippen LogP contribution in [0.5, 0.6) is 0 Å². The maximum atomic E-state index is 13.2. The highest BCUT2D eigenvalue weighted by atomic mass is 32.2. The van der Waals surface area contributed by atoms with Gasteiger partial charge < -0.3 is 10.1 Å². The Morgan fingerprint density at radius 3 is 2.53 bits per heavy atom. The molecule has 0 unspecified atom stereocenters. The number of fused-ring (bicyclic) bond motifs is 1. The van der Waals surface area contributed by atoms with Crippen LogP contribution in [-0.4, -0.2) is 30.7 Å². The number of rotatable bonds is 2. The summed E-state index contributed by atoms with van der Waals surface area (Å²) in [6.45, 7) is 0. The molecule has 1 heterocycles. The Morgan fingerprint density at radius 1 is 1.35 bits per heavy atom. The normalized spacial score (nSPS) is 11.9. The maximum Gasteiger partial charge on any atom is 0.352 e. The van der Waals surface area contributed by atoms with Gasteiger partial charge in [0, 0.05) is 11.6 Å². The number of aromatic nitrogens is 1. The zero-order chi connectivity index (χ0) is 12.8. The summed E-state index contributed by atoms with van der Waals surface area (Å²) in [5.74, 6) is -1.96. The third-order valence-corrected chi connectivity index (χ3v) is 3.41. The van der Waals surface area contributed by atoms with Gasteiger partial charge in [-0.15, -0.1) is 0 Å². The Bertz CT molecular complexity index is 717. The van der Waals surface area contributed by atoms with Crippen molar-refractivity contribution in [3.8, 4) is 0 Å². The van der Waals surface area contributed by atoms with E-state index in [0.29, 0.717) is 0 Å². The van der Waals surface area contributed by atoms with E-state index in [1.165, 1.54) is 6.07 Å². The van der Waals surface area contributed by atoms with Gasteiger partial charge in [0.25, 0.3) is 0 Å². The third-order valence-electron chi connectivity index (χ3n) is 2.29. The van der Waals surface area contributed by atoms with Crippen LogP contribution in [0.1, 0.15) is 10.5 Å². The van der Waals surface area contributed by atoms with Crippen molar-refractivity contribution < 1.29 is 22.7 Å². The number of hydrogen-bond acceptors (Lipinski definition) is 3. The minimum Gasteiger partial charge on any atom is -0.477 e. The Labute approximate surface area is 95.8 Å². The largest absolute Gasteiger partial charge is 0.477 e. The van der Waals surface area contributed by atoms with Crippen molar-refractivity contribution in [1.29, 1.82) is 0 Å². The van der Waals surface area contributed by atoms with Gasteiger partial charge in [-0.05, 0) is 18.2 Å². The minimum atomic E-state index is -3.63. The molecular formula is C10H8FNO4S. The summed E-state index contributed by atoms with van der Waals surface area (Å²) in [5, 5.41) is 8.99. The van der Waals surface area contributed by atoms with Crippen molar-refractivity contribution in [3.63, 3.8) is 0 Å². The van der Waals surface area contributed by atoms with Crippen molar-refractivity contribution in [3.05, 3.63) is 29.7 Å². The third kappa shape index (κ3) is 2.01. The second-order valence-corrected chi connectivity index (χ2v) is 5.61. The van der Waals surface area contributed by atoms with E-state index in [4.69, 9.17) is 5.11 Å². The molecule has 0 radical (unpaired) electrons. The maximum absolute atomic E-state index is 13.2. The molecule has 90 valence electrons. The molecule has 7 heteroatoms. The smallest absolute Gasteiger partial charge is 0.352 e. The topological polar surface area (TPSA) is 87.2 Å². The average molecular weight is 257 g/mol. The van der Waals surface area contributed by atoms with Gasteiger partial charge in [-0.2, -0.15) is 0 Å². The lowest BCUT2D eigenvalue weighted by molar-refractivity contribution is 0.0691. The van der Waals surface area contributed by atoms with Crippen molar-refractivity contribution in [2.45, 2.75) is 4.90 Å². The molecule has 17 heavy (non-hydrogen) atoms. The highest BCUT2D eigenvalue weighted by Gasteiger charge is 2.17. The SMILES string of the molecule is CS(=O)(=O)c1cc(F)cc2cc(C(=O)O)[nH]c12. The number of benzene rings is 1. The number of carboxylic acids is 1. The van der Waals surface area contributed by atoms with E-state index in [1.54, 1.807) is 0 Å². The number of H-pyrrole nitrogens is 1. The minimum absolute atomic E-state index is 0.103. The van der Waals surface area contributed by atoms with E-state index in [0.717, 1.165) is 18.4 Å². The second-order valence-electron chi connectivity index (χ2n) is 3.63. The lowest BCUT2D eigenvalue weighted by atomic mass is 10.2. The van der Waals surface area contributed by atoms with Crippen LogP contribution in [0.3, 0.4) is 0 Å². The van der Waals surface area contributed by atoms with E-state index >= 15 is 0 Å². The molecule has 0 saturated carbocycles. The fourth-order valence-electron chi connectivity index (χ4n) is 1.58.